The Bertz CT molecular complexity index is 682. The van der Waals surface area contributed by atoms with Gasteiger partial charge in [-0.2, -0.15) is 5.10 Å². The Morgan fingerprint density at radius 3 is 2.72 bits per heavy atom. The van der Waals surface area contributed by atoms with Gasteiger partial charge in [-0.05, 0) is 31.2 Å². The van der Waals surface area contributed by atoms with Gasteiger partial charge in [0.15, 0.2) is 15.8 Å². The summed E-state index contributed by atoms with van der Waals surface area (Å²) >= 11 is 0. The minimum atomic E-state index is -2.83. The quantitative estimate of drug-likeness (QED) is 0.378. The zero-order valence-corrected chi connectivity index (χ0v) is 17.8. The van der Waals surface area contributed by atoms with Crippen LogP contribution in [0.2, 0.25) is 0 Å². The van der Waals surface area contributed by atoms with Crippen molar-refractivity contribution in [2.75, 3.05) is 18.1 Å². The summed E-state index contributed by atoms with van der Waals surface area (Å²) in [4.78, 5) is 4.64. The Kier molecular flexibility index (Phi) is 7.53. The number of nitrogens with zero attached hydrogens (tertiary/aromatic N) is 3. The molecule has 1 saturated carbocycles. The lowest BCUT2D eigenvalue weighted by atomic mass is 10.1. The van der Waals surface area contributed by atoms with Gasteiger partial charge in [0.05, 0.1) is 23.7 Å². The Balaban J connectivity index is 0.00000225. The van der Waals surface area contributed by atoms with Crippen molar-refractivity contribution in [3.05, 3.63) is 18.0 Å². The molecule has 0 radical (unpaired) electrons. The monoisotopic (exact) mass is 481 g/mol. The van der Waals surface area contributed by atoms with E-state index in [1.807, 2.05) is 19.3 Å². The zero-order chi connectivity index (χ0) is 17.0. The Hall–Kier alpha value is -0.840. The van der Waals surface area contributed by atoms with Gasteiger partial charge < -0.3 is 10.6 Å². The molecule has 9 heteroatoms. The second-order valence-corrected chi connectivity index (χ2v) is 9.15. The third-order valence-corrected chi connectivity index (χ3v) is 6.59. The smallest absolute Gasteiger partial charge is 0.191 e. The van der Waals surface area contributed by atoms with Gasteiger partial charge in [0.1, 0.15) is 0 Å². The lowest BCUT2D eigenvalue weighted by Gasteiger charge is -2.19. The number of nitrogens with one attached hydrogen (secondary N) is 2. The molecule has 0 aromatic carbocycles. The Labute approximate surface area is 167 Å². The highest BCUT2D eigenvalue weighted by molar-refractivity contribution is 14.0. The molecule has 0 spiro atoms. The molecule has 7 nitrogen and oxygen atoms in total. The molecule has 3 rings (SSSR count). The molecule has 1 aliphatic heterocycles. The van der Waals surface area contributed by atoms with E-state index in [1.165, 1.54) is 25.7 Å². The van der Waals surface area contributed by atoms with Crippen molar-refractivity contribution < 1.29 is 8.42 Å². The largest absolute Gasteiger partial charge is 0.356 e. The van der Waals surface area contributed by atoms with E-state index in [9.17, 15) is 8.42 Å². The fourth-order valence-electron chi connectivity index (χ4n) is 3.40. The number of rotatable bonds is 5. The molecule has 0 amide bonds. The Morgan fingerprint density at radius 1 is 1.36 bits per heavy atom. The summed E-state index contributed by atoms with van der Waals surface area (Å²) in [5, 5.41) is 11.2. The van der Waals surface area contributed by atoms with Crippen LogP contribution in [0.15, 0.2) is 17.3 Å². The first-order chi connectivity index (χ1) is 11.5. The van der Waals surface area contributed by atoms with E-state index in [0.29, 0.717) is 24.9 Å². The number of aromatic nitrogens is 2. The number of guanidine groups is 1. The highest BCUT2D eigenvalue weighted by Gasteiger charge is 2.28. The van der Waals surface area contributed by atoms with Gasteiger partial charge in [0.2, 0.25) is 0 Å². The number of halogens is 1. The van der Waals surface area contributed by atoms with Crippen LogP contribution >= 0.6 is 24.0 Å². The molecular weight excluding hydrogens is 453 g/mol. The second-order valence-electron chi connectivity index (χ2n) is 6.92. The molecule has 1 saturated heterocycles. The highest BCUT2D eigenvalue weighted by atomic mass is 127. The lowest BCUT2D eigenvalue weighted by molar-refractivity contribution is 0.553. The molecule has 1 aromatic heterocycles. The first-order valence-corrected chi connectivity index (χ1v) is 10.6. The summed E-state index contributed by atoms with van der Waals surface area (Å²) in [6.07, 6.45) is 7.50. The van der Waals surface area contributed by atoms with Crippen LogP contribution in [-0.4, -0.2) is 48.3 Å². The molecule has 2 fully saturated rings. The summed E-state index contributed by atoms with van der Waals surface area (Å²) in [5.74, 6) is 1.56. The van der Waals surface area contributed by atoms with Crippen LogP contribution in [0.4, 0.5) is 0 Å². The van der Waals surface area contributed by atoms with Gasteiger partial charge >= 0.3 is 0 Å². The molecule has 2 heterocycles. The van der Waals surface area contributed by atoms with Crippen LogP contribution in [-0.2, 0) is 23.4 Å². The number of hydrogen-bond donors (Lipinski definition) is 2. The van der Waals surface area contributed by atoms with Gasteiger partial charge in [0, 0.05) is 25.8 Å². The fourth-order valence-corrected chi connectivity index (χ4v) is 5.26. The molecule has 1 unspecified atom stereocenters. The summed E-state index contributed by atoms with van der Waals surface area (Å²) < 4.78 is 25.0. The van der Waals surface area contributed by atoms with Crippen molar-refractivity contribution in [1.29, 1.82) is 0 Å². The maximum atomic E-state index is 11.6. The van der Waals surface area contributed by atoms with Crippen LogP contribution in [0.3, 0.4) is 0 Å². The Morgan fingerprint density at radius 2 is 2.12 bits per heavy atom. The van der Waals surface area contributed by atoms with Crippen molar-refractivity contribution in [3.8, 4) is 0 Å². The predicted octanol–water partition coefficient (Wildman–Crippen LogP) is 1.45. The minimum Gasteiger partial charge on any atom is -0.356 e. The third kappa shape index (κ3) is 6.43. The topological polar surface area (TPSA) is 88.4 Å². The minimum absolute atomic E-state index is 0. The van der Waals surface area contributed by atoms with E-state index in [-0.39, 0.29) is 35.6 Å². The summed E-state index contributed by atoms with van der Waals surface area (Å²) in [5.41, 5.74) is 0.925. The number of hydrogen-bond acceptors (Lipinski definition) is 4. The van der Waals surface area contributed by atoms with Gasteiger partial charge in [-0.15, -0.1) is 24.0 Å². The first kappa shape index (κ1) is 20.5. The van der Waals surface area contributed by atoms with E-state index in [4.69, 9.17) is 0 Å². The standard InChI is InChI=1S/C16H27N5O2S.HI/c1-21-8-6-15(20-21)11-18-16(19-14-4-2-3-5-14)17-10-13-7-9-24(22,23)12-13;/h6,8,13-14H,2-5,7,9-12H2,1H3,(H2,17,18,19);1H. The number of aliphatic imine (C=N–C) groups is 1. The van der Waals surface area contributed by atoms with E-state index in [1.54, 1.807) is 4.68 Å². The van der Waals surface area contributed by atoms with Gasteiger partial charge in [-0.3, -0.25) is 4.68 Å². The average Bonchev–Trinajstić information content (AvgIpc) is 3.24. The van der Waals surface area contributed by atoms with Crippen LogP contribution < -0.4 is 10.6 Å². The summed E-state index contributed by atoms with van der Waals surface area (Å²) in [6, 6.07) is 2.42. The van der Waals surface area contributed by atoms with Crippen molar-refractivity contribution in [1.82, 2.24) is 20.4 Å². The van der Waals surface area contributed by atoms with Gasteiger partial charge in [-0.1, -0.05) is 12.8 Å². The number of sulfone groups is 1. The van der Waals surface area contributed by atoms with Gasteiger partial charge in [-0.25, -0.2) is 13.4 Å². The van der Waals surface area contributed by atoms with Crippen molar-refractivity contribution in [3.63, 3.8) is 0 Å². The van der Waals surface area contributed by atoms with Crippen molar-refractivity contribution in [2.24, 2.45) is 18.0 Å². The summed E-state index contributed by atoms with van der Waals surface area (Å²) in [7, 11) is -0.939. The molecule has 2 aliphatic rings. The molecule has 1 atom stereocenters. The van der Waals surface area contributed by atoms with E-state index >= 15 is 0 Å². The highest BCUT2D eigenvalue weighted by Crippen LogP contribution is 2.18. The molecule has 142 valence electrons. The van der Waals surface area contributed by atoms with Crippen LogP contribution in [0.1, 0.15) is 37.8 Å². The van der Waals surface area contributed by atoms with E-state index < -0.39 is 9.84 Å². The lowest BCUT2D eigenvalue weighted by Crippen LogP contribution is -2.44. The molecule has 2 N–H and O–H groups in total. The number of aryl methyl sites for hydroxylation is 1. The molecule has 25 heavy (non-hydrogen) atoms. The maximum absolute atomic E-state index is 11.6. The van der Waals surface area contributed by atoms with Crippen molar-refractivity contribution in [2.45, 2.75) is 44.7 Å². The normalized spacial score (nSPS) is 23.4. The SMILES string of the molecule is Cn1ccc(CN=C(NCC2CCS(=O)(=O)C2)NC2CCCC2)n1.I. The van der Waals surface area contributed by atoms with Crippen LogP contribution in [0, 0.1) is 5.92 Å². The zero-order valence-electron chi connectivity index (χ0n) is 14.6. The maximum Gasteiger partial charge on any atom is 0.191 e. The molecule has 1 aromatic rings. The average molecular weight is 481 g/mol. The van der Waals surface area contributed by atoms with E-state index in [0.717, 1.165) is 18.1 Å². The van der Waals surface area contributed by atoms with Gasteiger partial charge in [0.25, 0.3) is 0 Å². The third-order valence-electron chi connectivity index (χ3n) is 4.75. The van der Waals surface area contributed by atoms with Crippen LogP contribution in [0.5, 0.6) is 0 Å². The molecule has 0 bridgehead atoms. The first-order valence-electron chi connectivity index (χ1n) is 8.74. The van der Waals surface area contributed by atoms with E-state index in [2.05, 4.69) is 20.7 Å². The molecular formula is C16H28IN5O2S. The second kappa shape index (κ2) is 9.20. The van der Waals surface area contributed by atoms with Crippen molar-refractivity contribution >= 4 is 39.8 Å². The molecule has 1 aliphatic carbocycles. The fraction of sp³-hybridized carbons (Fsp3) is 0.750. The predicted molar refractivity (Wildman–Crippen MR) is 110 cm³/mol. The summed E-state index contributed by atoms with van der Waals surface area (Å²) in [6.45, 7) is 1.17. The van der Waals surface area contributed by atoms with Crippen LogP contribution in [0.25, 0.3) is 0 Å².